The van der Waals surface area contributed by atoms with Crippen molar-refractivity contribution in [3.8, 4) is 23.3 Å². The molecule has 6 aromatic carbocycles. The lowest BCUT2D eigenvalue weighted by Gasteiger charge is -2.33. The molecule has 26 heteroatoms. The number of nitriles is 1. The number of carbonyl (C=O) groups is 4. The van der Waals surface area contributed by atoms with Crippen LogP contribution in [0.25, 0.3) is 4.85 Å². The summed E-state index contributed by atoms with van der Waals surface area (Å²) >= 11 is 0. The van der Waals surface area contributed by atoms with Crippen molar-refractivity contribution in [3.63, 3.8) is 0 Å². The summed E-state index contributed by atoms with van der Waals surface area (Å²) in [6.45, 7) is 18.4. The zero-order valence-electron chi connectivity index (χ0n) is 54.2. The van der Waals surface area contributed by atoms with E-state index < -0.39 is 23.6 Å². The zero-order chi connectivity index (χ0) is 68.9. The van der Waals surface area contributed by atoms with Gasteiger partial charge in [0.2, 0.25) is 0 Å². The van der Waals surface area contributed by atoms with Gasteiger partial charge in [-0.3, -0.25) is 40.8 Å². The van der Waals surface area contributed by atoms with Crippen LogP contribution in [-0.4, -0.2) is 185 Å². The van der Waals surface area contributed by atoms with E-state index in [9.17, 15) is 19.2 Å². The minimum Gasteiger partial charge on any atom is -0.494 e. The number of nitrogen functional groups attached to an aromatic ring is 4. The van der Waals surface area contributed by atoms with Gasteiger partial charge in [0.25, 0.3) is 0 Å². The molecule has 4 amide bonds. The molecule has 506 valence electrons. The first kappa shape index (κ1) is 73.8. The molecule has 0 radical (unpaired) electrons. The maximum Gasteiger partial charge on any atom is 0.312 e. The lowest BCUT2D eigenvalue weighted by Crippen LogP contribution is -2.54. The Balaban J connectivity index is 0.000000228. The van der Waals surface area contributed by atoms with Crippen LogP contribution in [-0.2, 0) is 19.2 Å². The van der Waals surface area contributed by atoms with Crippen LogP contribution < -0.4 is 63.7 Å². The number of nitrogens with two attached hydrogens (primary N) is 4. The molecule has 8 rings (SSSR count). The Hall–Kier alpha value is -11.2. The average molecular weight is 1310 g/mol. The number of benzene rings is 6. The molecule has 0 atom stereocenters. The van der Waals surface area contributed by atoms with Crippen LogP contribution in [0, 0.1) is 39.5 Å². The van der Waals surface area contributed by atoms with Gasteiger partial charge in [-0.2, -0.15) is 5.26 Å². The zero-order valence-corrected chi connectivity index (χ0v) is 54.2. The highest BCUT2D eigenvalue weighted by Crippen LogP contribution is 2.20. The summed E-state index contributed by atoms with van der Waals surface area (Å²) in [6.07, 6.45) is 4.63. The van der Waals surface area contributed by atoms with Crippen molar-refractivity contribution in [2.45, 2.75) is 38.5 Å². The van der Waals surface area contributed by atoms with Gasteiger partial charge in [0.1, 0.15) is 40.6 Å². The second-order valence-electron chi connectivity index (χ2n) is 22.3. The molecule has 6 aromatic rings. The van der Waals surface area contributed by atoms with Crippen molar-refractivity contribution in [2.24, 2.45) is 22.9 Å². The molecule has 0 bridgehead atoms. The number of carbonyl (C=O) groups excluding carboxylic acids is 4. The van der Waals surface area contributed by atoms with E-state index in [1.54, 1.807) is 105 Å². The molecule has 26 nitrogen and oxygen atoms in total. The predicted molar refractivity (Wildman–Crippen MR) is 375 cm³/mol. The highest BCUT2D eigenvalue weighted by atomic mass is 16.5. The van der Waals surface area contributed by atoms with Gasteiger partial charge in [-0.15, -0.1) is 0 Å². The van der Waals surface area contributed by atoms with Crippen molar-refractivity contribution in [1.82, 2.24) is 30.2 Å². The van der Waals surface area contributed by atoms with Crippen molar-refractivity contribution >= 4 is 69.7 Å². The quantitative estimate of drug-likeness (QED) is 0.00704. The van der Waals surface area contributed by atoms with Crippen LogP contribution in [0.4, 0.5) is 22.7 Å². The number of rotatable bonds is 37. The molecule has 96 heavy (non-hydrogen) atoms. The molecular formula is C70H89N19O7. The maximum atomic E-state index is 12.5. The monoisotopic (exact) mass is 1310 g/mol. The number of amidine groups is 4. The normalized spacial score (nSPS) is 12.6. The van der Waals surface area contributed by atoms with Crippen molar-refractivity contribution in [2.75, 3.05) is 134 Å². The highest BCUT2D eigenvalue weighted by molar-refractivity contribution is 6.35. The fourth-order valence-electron chi connectivity index (χ4n) is 9.72. The molecule has 2 saturated heterocycles. The van der Waals surface area contributed by atoms with E-state index in [-0.39, 0.29) is 23.3 Å². The lowest BCUT2D eigenvalue weighted by atomic mass is 10.2. The van der Waals surface area contributed by atoms with Gasteiger partial charge in [0, 0.05) is 124 Å². The van der Waals surface area contributed by atoms with Crippen LogP contribution in [0.5, 0.6) is 17.2 Å². The van der Waals surface area contributed by atoms with E-state index >= 15 is 0 Å². The number of amides is 4. The summed E-state index contributed by atoms with van der Waals surface area (Å²) in [7, 11) is 0. The molecule has 2 aliphatic rings. The molecule has 0 aliphatic carbocycles. The Morgan fingerprint density at radius 1 is 0.406 bits per heavy atom. The van der Waals surface area contributed by atoms with Gasteiger partial charge in [-0.05, 0) is 185 Å². The van der Waals surface area contributed by atoms with Crippen LogP contribution in [0.1, 0.15) is 66.3 Å². The second kappa shape index (κ2) is 40.7. The third-order valence-corrected chi connectivity index (χ3v) is 15.2. The van der Waals surface area contributed by atoms with Crippen LogP contribution in [0.15, 0.2) is 146 Å². The fourth-order valence-corrected chi connectivity index (χ4v) is 9.72. The van der Waals surface area contributed by atoms with E-state index in [0.717, 1.165) is 80.4 Å². The minimum absolute atomic E-state index is 0.00516. The molecule has 2 aliphatic heterocycles. The van der Waals surface area contributed by atoms with Crippen molar-refractivity contribution < 1.29 is 33.4 Å². The molecule has 0 spiro atoms. The second-order valence-corrected chi connectivity index (χ2v) is 22.3. The Morgan fingerprint density at radius 3 is 1.03 bits per heavy atom. The Bertz CT molecular complexity index is 3310. The maximum absolute atomic E-state index is 12.5. The number of hydrogen-bond acceptors (Lipinski definition) is 17. The number of piperazine rings is 2. The smallest absolute Gasteiger partial charge is 0.312 e. The number of nitrogens with one attached hydrogen (secondary N) is 9. The van der Waals surface area contributed by atoms with Gasteiger partial charge in [-0.25, -0.2) is 4.85 Å². The molecular weight excluding hydrogens is 1220 g/mol. The Morgan fingerprint density at radius 2 is 0.698 bits per heavy atom. The first-order chi connectivity index (χ1) is 46.5. The standard InChI is InChI=1S/C24H31N7O3.C24H25N5O3.C22H33N7O/c25-21(26)17-3-7-19(8-4-17)29-11-1-12-30-14-15-31(24(33)23(30)32)13-2-16-34-20-9-5-18(6-10-20)22(27)28;1-26-20-8-10-22(11-9-20)32-17-3-14-29-16-15-28(23(30)24(29)31)13-2-12-27-21-6-4-19(18-25)5-7-21;23-21(24)17-3-7-19(8-4-17)29-13-1-11-27-14-15-28-12-2-16-30-20-9-5-18(6-10-20)22(25)26/h3-10,29H,1-2,11-16H2,(H3,25,26)(H3,27,28);4-11,27H,2-3,12-17H2;3-10,27-29H,1-2,11-16H2,(H3,23,24)(H3,25,26). The summed E-state index contributed by atoms with van der Waals surface area (Å²) in [5.74, 6) is 0.492. The largest absolute Gasteiger partial charge is 0.494 e. The van der Waals surface area contributed by atoms with Crippen LogP contribution in [0.2, 0.25) is 0 Å². The summed E-state index contributed by atoms with van der Waals surface area (Å²) in [4.78, 5) is 59.5. The minimum atomic E-state index is -0.468. The molecule has 2 fully saturated rings. The number of hydrogen-bond donors (Lipinski definition) is 13. The summed E-state index contributed by atoms with van der Waals surface area (Å²) in [6, 6.07) is 45.2. The van der Waals surface area contributed by atoms with E-state index in [0.29, 0.717) is 144 Å². The van der Waals surface area contributed by atoms with Crippen LogP contribution >= 0.6 is 0 Å². The van der Waals surface area contributed by atoms with E-state index in [1.807, 2.05) is 60.7 Å². The SMILES string of the molecule is N=C(N)c1ccc(NCCCN2CCN(CCCOc3ccc(C(=N)N)cc3)C(=O)C2=O)cc1.N=C(N)c1ccc(NCCCNCCNCCCOc2ccc(C(=N)N)cc2)cc1.[C-]#[N+]c1ccc(OCCCN2CCN(CCCNc3ccc(C#N)cc3)C(=O)C2=O)cc1. The van der Waals surface area contributed by atoms with Gasteiger partial charge >= 0.3 is 23.6 Å². The Labute approximate surface area is 561 Å². The van der Waals surface area contributed by atoms with E-state index in [2.05, 4.69) is 37.5 Å². The van der Waals surface area contributed by atoms with Crippen LogP contribution in [0.3, 0.4) is 0 Å². The summed E-state index contributed by atoms with van der Waals surface area (Å²) < 4.78 is 17.0. The first-order valence-electron chi connectivity index (χ1n) is 31.9. The molecule has 2 heterocycles. The summed E-state index contributed by atoms with van der Waals surface area (Å²) in [5.41, 5.74) is 28.6. The number of anilines is 3. The van der Waals surface area contributed by atoms with Gasteiger partial charge in [0.15, 0.2) is 5.69 Å². The Kier molecular flexibility index (Phi) is 31.3. The highest BCUT2D eigenvalue weighted by Gasteiger charge is 2.33. The summed E-state index contributed by atoms with van der Waals surface area (Å²) in [5, 5.41) is 55.1. The van der Waals surface area contributed by atoms with Gasteiger partial charge in [-0.1, -0.05) is 12.1 Å². The molecule has 17 N–H and O–H groups in total. The van der Waals surface area contributed by atoms with E-state index in [1.165, 1.54) is 0 Å². The third-order valence-electron chi connectivity index (χ3n) is 15.2. The number of ether oxygens (including phenoxy) is 3. The van der Waals surface area contributed by atoms with Gasteiger partial charge < -0.3 is 83.3 Å². The molecule has 0 saturated carbocycles. The van der Waals surface area contributed by atoms with Crippen molar-refractivity contribution in [3.05, 3.63) is 185 Å². The predicted octanol–water partition coefficient (Wildman–Crippen LogP) is 5.95. The molecule has 0 unspecified atom stereocenters. The molecule has 0 aromatic heterocycles. The van der Waals surface area contributed by atoms with Gasteiger partial charge in [0.05, 0.1) is 38.0 Å². The topological polar surface area (TPSA) is 397 Å². The number of nitrogens with zero attached hydrogens (tertiary/aromatic N) is 6. The fraction of sp³-hybridized carbons (Fsp3) is 0.343. The first-order valence-corrected chi connectivity index (χ1v) is 31.9. The third kappa shape index (κ3) is 26.1. The van der Waals surface area contributed by atoms with E-state index in [4.69, 9.17) is 70.6 Å². The van der Waals surface area contributed by atoms with Crippen molar-refractivity contribution in [1.29, 1.82) is 26.9 Å². The lowest BCUT2D eigenvalue weighted by molar-refractivity contribution is -0.156. The average Bonchev–Trinajstić information content (AvgIpc) is 0.897.